The van der Waals surface area contributed by atoms with Crippen LogP contribution in [0.25, 0.3) is 0 Å². The highest BCUT2D eigenvalue weighted by atomic mass is 35.5. The van der Waals surface area contributed by atoms with Crippen LogP contribution in [0.3, 0.4) is 0 Å². The van der Waals surface area contributed by atoms with Crippen molar-refractivity contribution in [3.8, 4) is 11.5 Å². The Bertz CT molecular complexity index is 1210. The summed E-state index contributed by atoms with van der Waals surface area (Å²) in [7, 11) is 1.51. The lowest BCUT2D eigenvalue weighted by Crippen LogP contribution is -2.29. The molecule has 7 heteroatoms. The largest absolute Gasteiger partial charge is 0.504 e. The first kappa shape index (κ1) is 19.7. The fraction of sp³-hybridized carbons (Fsp3) is 0.250. The molecule has 0 unspecified atom stereocenters. The van der Waals surface area contributed by atoms with E-state index >= 15 is 0 Å². The number of benzene rings is 2. The Labute approximate surface area is 184 Å². The minimum Gasteiger partial charge on any atom is -0.504 e. The minimum absolute atomic E-state index is 0.0373. The van der Waals surface area contributed by atoms with E-state index in [1.165, 1.54) is 7.11 Å². The molecule has 0 fully saturated rings. The maximum Gasteiger partial charge on any atom is 0.233 e. The average Bonchev–Trinajstić information content (AvgIpc) is 3.13. The van der Waals surface area contributed by atoms with Gasteiger partial charge in [-0.3, -0.25) is 4.79 Å². The number of halogens is 1. The van der Waals surface area contributed by atoms with Gasteiger partial charge in [0.05, 0.1) is 18.4 Å². The minimum atomic E-state index is -0.252. The van der Waals surface area contributed by atoms with Crippen molar-refractivity contribution in [3.63, 3.8) is 0 Å². The maximum absolute atomic E-state index is 13.5. The third-order valence-electron chi connectivity index (χ3n) is 6.14. The summed E-state index contributed by atoms with van der Waals surface area (Å²) in [4.78, 5) is 13.5. The van der Waals surface area contributed by atoms with Gasteiger partial charge in [-0.15, -0.1) is 0 Å². The van der Waals surface area contributed by atoms with Gasteiger partial charge in [0.1, 0.15) is 0 Å². The molecule has 1 aliphatic heterocycles. The van der Waals surface area contributed by atoms with Crippen LogP contribution in [0.1, 0.15) is 47.1 Å². The van der Waals surface area contributed by atoms with Crippen molar-refractivity contribution in [2.75, 3.05) is 12.4 Å². The molecule has 0 saturated heterocycles. The number of carbonyl (C=O) groups excluding carboxylic acids is 1. The van der Waals surface area contributed by atoms with Crippen LogP contribution in [0.2, 0.25) is 5.02 Å². The third kappa shape index (κ3) is 3.27. The standard InChI is InChI=1S/C24H21ClN2O4/c1-12-21-22(13-3-6-16(25)7-4-13)23-17(26-24(21)31-27-12)9-15(10-19(23)29)14-5-8-18(28)20(11-14)30-2/h3-8,11,15,22,26,28H,9-10H2,1-2H3/t15-,22-/m0/s1. The Morgan fingerprint density at radius 3 is 2.65 bits per heavy atom. The topological polar surface area (TPSA) is 84.6 Å². The quantitative estimate of drug-likeness (QED) is 0.578. The fourth-order valence-electron chi connectivity index (χ4n) is 4.64. The molecule has 0 radical (unpaired) electrons. The van der Waals surface area contributed by atoms with Crippen LogP contribution in [0.4, 0.5) is 5.88 Å². The second-order valence-corrected chi connectivity index (χ2v) is 8.41. The number of nitrogens with zero attached hydrogens (tertiary/aromatic N) is 1. The van der Waals surface area contributed by atoms with E-state index in [-0.39, 0.29) is 23.4 Å². The van der Waals surface area contributed by atoms with Crippen molar-refractivity contribution in [3.05, 3.63) is 81.1 Å². The van der Waals surface area contributed by atoms with E-state index in [9.17, 15) is 9.90 Å². The number of ketones is 1. The molecule has 2 aromatic carbocycles. The molecular weight excluding hydrogens is 416 g/mol. The Balaban J connectivity index is 1.59. The Morgan fingerprint density at radius 2 is 1.90 bits per heavy atom. The first-order valence-electron chi connectivity index (χ1n) is 10.1. The Hall–Kier alpha value is -3.25. The zero-order valence-corrected chi connectivity index (χ0v) is 17.9. The van der Waals surface area contributed by atoms with Gasteiger partial charge in [0.25, 0.3) is 0 Å². The lowest BCUT2D eigenvalue weighted by molar-refractivity contribution is -0.116. The molecule has 0 saturated carbocycles. The zero-order chi connectivity index (χ0) is 21.7. The highest BCUT2D eigenvalue weighted by Gasteiger charge is 2.41. The molecule has 1 aliphatic carbocycles. The van der Waals surface area contributed by atoms with Gasteiger partial charge in [-0.05, 0) is 54.7 Å². The molecule has 0 amide bonds. The molecule has 2 aliphatic rings. The van der Waals surface area contributed by atoms with Crippen molar-refractivity contribution < 1.29 is 19.2 Å². The second-order valence-electron chi connectivity index (χ2n) is 7.97. The van der Waals surface area contributed by atoms with Crippen LogP contribution in [0.15, 0.2) is 58.3 Å². The van der Waals surface area contributed by atoms with E-state index in [4.69, 9.17) is 20.9 Å². The number of hydrogen-bond donors (Lipinski definition) is 2. The molecule has 1 aromatic heterocycles. The smallest absolute Gasteiger partial charge is 0.233 e. The van der Waals surface area contributed by atoms with Gasteiger partial charge in [0, 0.05) is 28.6 Å². The van der Waals surface area contributed by atoms with Crippen molar-refractivity contribution >= 4 is 23.3 Å². The summed E-state index contributed by atoms with van der Waals surface area (Å²) in [5.41, 5.74) is 5.16. The predicted molar refractivity (Wildman–Crippen MR) is 117 cm³/mol. The number of Topliss-reactive ketones (excluding diaryl/α,β-unsaturated/α-hetero) is 1. The van der Waals surface area contributed by atoms with Gasteiger partial charge in [-0.1, -0.05) is 35.0 Å². The maximum atomic E-state index is 13.5. The molecule has 3 aromatic rings. The Morgan fingerprint density at radius 1 is 1.16 bits per heavy atom. The van der Waals surface area contributed by atoms with Crippen molar-refractivity contribution in [1.29, 1.82) is 0 Å². The third-order valence-corrected chi connectivity index (χ3v) is 6.39. The van der Waals surface area contributed by atoms with Crippen molar-refractivity contribution in [1.82, 2.24) is 5.16 Å². The molecule has 6 nitrogen and oxygen atoms in total. The van der Waals surface area contributed by atoms with Crippen LogP contribution in [-0.2, 0) is 4.79 Å². The molecule has 0 spiro atoms. The second kappa shape index (κ2) is 7.46. The van der Waals surface area contributed by atoms with Crippen LogP contribution in [0.5, 0.6) is 11.5 Å². The van der Waals surface area contributed by atoms with E-state index in [0.717, 1.165) is 33.7 Å². The molecule has 31 heavy (non-hydrogen) atoms. The summed E-state index contributed by atoms with van der Waals surface area (Å²) in [6.45, 7) is 1.89. The summed E-state index contributed by atoms with van der Waals surface area (Å²) >= 11 is 6.10. The molecule has 2 heterocycles. The first-order valence-corrected chi connectivity index (χ1v) is 10.5. The van der Waals surface area contributed by atoms with E-state index in [1.807, 2.05) is 37.3 Å². The summed E-state index contributed by atoms with van der Waals surface area (Å²) in [5, 5.41) is 18.0. The zero-order valence-electron chi connectivity index (χ0n) is 17.1. The summed E-state index contributed by atoms with van der Waals surface area (Å²) in [6.07, 6.45) is 1.01. The van der Waals surface area contributed by atoms with Crippen molar-refractivity contribution in [2.45, 2.75) is 31.6 Å². The van der Waals surface area contributed by atoms with E-state index in [0.29, 0.717) is 29.5 Å². The van der Waals surface area contributed by atoms with Crippen LogP contribution < -0.4 is 10.1 Å². The molecular formula is C24H21ClN2O4. The van der Waals surface area contributed by atoms with Gasteiger partial charge in [0.15, 0.2) is 17.3 Å². The monoisotopic (exact) mass is 436 g/mol. The normalized spacial score (nSPS) is 20.2. The molecule has 0 bridgehead atoms. The molecule has 2 N–H and O–H groups in total. The van der Waals surface area contributed by atoms with Gasteiger partial charge < -0.3 is 19.7 Å². The van der Waals surface area contributed by atoms with E-state index in [1.54, 1.807) is 12.1 Å². The number of phenolic OH excluding ortho intramolecular Hbond substituents is 1. The summed E-state index contributed by atoms with van der Waals surface area (Å²) < 4.78 is 10.8. The highest BCUT2D eigenvalue weighted by Crippen LogP contribution is 2.49. The fourth-order valence-corrected chi connectivity index (χ4v) is 4.77. The van der Waals surface area contributed by atoms with Crippen molar-refractivity contribution in [2.24, 2.45) is 0 Å². The number of phenols is 1. The number of allylic oxidation sites excluding steroid dienone is 2. The number of nitrogens with one attached hydrogen (secondary N) is 1. The summed E-state index contributed by atoms with van der Waals surface area (Å²) in [6, 6.07) is 12.8. The molecule has 2 atom stereocenters. The number of hydrogen-bond acceptors (Lipinski definition) is 6. The van der Waals surface area contributed by atoms with E-state index < -0.39 is 0 Å². The predicted octanol–water partition coefficient (Wildman–Crippen LogP) is 5.31. The first-order chi connectivity index (χ1) is 15.0. The number of aryl methyl sites for hydroxylation is 1. The van der Waals surface area contributed by atoms with Gasteiger partial charge >= 0.3 is 0 Å². The van der Waals surface area contributed by atoms with Crippen LogP contribution in [0, 0.1) is 6.92 Å². The van der Waals surface area contributed by atoms with Crippen LogP contribution in [-0.4, -0.2) is 23.2 Å². The molecule has 5 rings (SSSR count). The van der Waals surface area contributed by atoms with Crippen LogP contribution >= 0.6 is 11.6 Å². The van der Waals surface area contributed by atoms with Gasteiger partial charge in [-0.2, -0.15) is 0 Å². The SMILES string of the molecule is COc1cc([C@@H]2CC(=O)C3=C(C2)Nc2onc(C)c2[C@@H]3c2ccc(Cl)cc2)ccc1O. The lowest BCUT2D eigenvalue weighted by Gasteiger charge is -2.34. The summed E-state index contributed by atoms with van der Waals surface area (Å²) in [5.74, 6) is 0.842. The number of anilines is 1. The van der Waals surface area contributed by atoms with E-state index in [2.05, 4.69) is 10.5 Å². The number of aromatic hydroxyl groups is 1. The number of carbonyl (C=O) groups is 1. The number of aromatic nitrogens is 1. The number of ether oxygens (including phenoxy) is 1. The van der Waals surface area contributed by atoms with Gasteiger partial charge in [0.2, 0.25) is 5.88 Å². The number of fused-ring (bicyclic) bond motifs is 1. The molecule has 158 valence electrons. The number of methoxy groups -OCH3 is 1. The Kier molecular flexibility index (Phi) is 4.74. The average molecular weight is 437 g/mol. The highest BCUT2D eigenvalue weighted by molar-refractivity contribution is 6.30. The lowest BCUT2D eigenvalue weighted by atomic mass is 9.72. The number of rotatable bonds is 3. The van der Waals surface area contributed by atoms with Gasteiger partial charge in [-0.25, -0.2) is 0 Å².